The third kappa shape index (κ3) is 21.9. The Balaban J connectivity index is 3.45. The predicted octanol–water partition coefficient (Wildman–Crippen LogP) is 10.2. The van der Waals surface area contributed by atoms with E-state index in [1.807, 2.05) is 0 Å². The molecule has 0 aromatic carbocycles. The van der Waals surface area contributed by atoms with Crippen molar-refractivity contribution < 1.29 is 0 Å². The molecule has 1 atom stereocenters. The van der Waals surface area contributed by atoms with Crippen molar-refractivity contribution >= 4 is 0 Å². The van der Waals surface area contributed by atoms with Crippen LogP contribution in [0.4, 0.5) is 0 Å². The van der Waals surface area contributed by atoms with Gasteiger partial charge in [-0.05, 0) is 12.3 Å². The van der Waals surface area contributed by atoms with Gasteiger partial charge in [-0.3, -0.25) is 0 Å². The van der Waals surface area contributed by atoms with Gasteiger partial charge in [0.1, 0.15) is 0 Å². The third-order valence-electron chi connectivity index (χ3n) is 6.13. The Bertz CT molecular complexity index is 332. The molecule has 0 aromatic rings. The van der Waals surface area contributed by atoms with Crippen LogP contribution in [0.2, 0.25) is 0 Å². The van der Waals surface area contributed by atoms with Crippen molar-refractivity contribution in [3.05, 3.63) is 0 Å². The fraction of sp³-hybridized carbons (Fsp3) is 0.929. The molecule has 0 aromatic heterocycles. The van der Waals surface area contributed by atoms with Gasteiger partial charge >= 0.3 is 0 Å². The first-order valence-corrected chi connectivity index (χ1v) is 13.3. The van der Waals surface area contributed by atoms with E-state index in [1.165, 1.54) is 128 Å². The molecule has 166 valence electrons. The number of unbranched alkanes of at least 4 members (excludes halogenated alkanes) is 15. The molecule has 0 N–H and O–H groups in total. The van der Waals surface area contributed by atoms with Crippen molar-refractivity contribution in [2.24, 2.45) is 5.92 Å². The molecule has 0 aliphatic rings. The summed E-state index contributed by atoms with van der Waals surface area (Å²) in [7, 11) is 0. The Morgan fingerprint density at radius 1 is 0.429 bits per heavy atom. The van der Waals surface area contributed by atoms with E-state index in [-0.39, 0.29) is 0 Å². The highest BCUT2D eigenvalue weighted by Gasteiger charge is 2.07. The van der Waals surface area contributed by atoms with Crippen molar-refractivity contribution in [2.45, 2.75) is 162 Å². The van der Waals surface area contributed by atoms with E-state index in [2.05, 4.69) is 32.6 Å². The van der Waals surface area contributed by atoms with Gasteiger partial charge in [0.15, 0.2) is 0 Å². The smallest absolute Gasteiger partial charge is 0.00886 e. The molecule has 0 amide bonds. The molecule has 0 saturated heterocycles. The van der Waals surface area contributed by atoms with Crippen molar-refractivity contribution in [3.8, 4) is 11.8 Å². The predicted molar refractivity (Wildman–Crippen MR) is 130 cm³/mol. The van der Waals surface area contributed by atoms with Crippen LogP contribution in [0.5, 0.6) is 0 Å². The summed E-state index contributed by atoms with van der Waals surface area (Å²) in [5.74, 6) is 7.46. The van der Waals surface area contributed by atoms with Crippen molar-refractivity contribution in [1.82, 2.24) is 0 Å². The molecule has 0 heteroatoms. The lowest BCUT2D eigenvalue weighted by Crippen LogP contribution is -2.00. The molecule has 0 spiro atoms. The van der Waals surface area contributed by atoms with E-state index in [4.69, 9.17) is 0 Å². The van der Waals surface area contributed by atoms with Gasteiger partial charge in [-0.15, -0.1) is 11.8 Å². The molecule has 0 heterocycles. The second kappa shape index (κ2) is 24.6. The first-order chi connectivity index (χ1) is 13.8. The highest BCUT2D eigenvalue weighted by molar-refractivity contribution is 4.97. The second-order valence-corrected chi connectivity index (χ2v) is 8.99. The Labute approximate surface area is 180 Å². The van der Waals surface area contributed by atoms with Gasteiger partial charge in [0.25, 0.3) is 0 Å². The number of rotatable bonds is 21. The van der Waals surface area contributed by atoms with Gasteiger partial charge in [-0.25, -0.2) is 0 Å². The van der Waals surface area contributed by atoms with E-state index in [0.29, 0.717) is 0 Å². The monoisotopic (exact) mass is 390 g/mol. The summed E-state index contributed by atoms with van der Waals surface area (Å²) in [6.07, 6.45) is 31.1. The van der Waals surface area contributed by atoms with Gasteiger partial charge in [-0.1, -0.05) is 143 Å². The summed E-state index contributed by atoms with van der Waals surface area (Å²) >= 11 is 0. The van der Waals surface area contributed by atoms with Crippen LogP contribution in [-0.2, 0) is 0 Å². The van der Waals surface area contributed by atoms with E-state index < -0.39 is 0 Å². The van der Waals surface area contributed by atoms with Gasteiger partial charge in [0.05, 0.1) is 0 Å². The maximum Gasteiger partial charge on any atom is 0.00886 e. The minimum atomic E-state index is 1.01. The van der Waals surface area contributed by atoms with Crippen LogP contribution in [-0.4, -0.2) is 0 Å². The fourth-order valence-corrected chi connectivity index (χ4v) is 4.33. The summed E-state index contributed by atoms with van der Waals surface area (Å²) in [4.78, 5) is 0. The standard InChI is InChI=1S/C28H54/c1-4-7-9-11-13-15-16-18-20-22-24-27-28(25-6-3)26-23-21-19-17-14-12-10-8-5-2/h28H,4-7,9,11-27H2,1-3H3. The van der Waals surface area contributed by atoms with E-state index in [0.717, 1.165) is 18.8 Å². The topological polar surface area (TPSA) is 0 Å². The zero-order chi connectivity index (χ0) is 20.5. The molecule has 28 heavy (non-hydrogen) atoms. The largest absolute Gasteiger partial charge is 0.104 e. The van der Waals surface area contributed by atoms with Crippen LogP contribution in [0.25, 0.3) is 0 Å². The third-order valence-corrected chi connectivity index (χ3v) is 6.13. The molecule has 0 fully saturated rings. The number of hydrogen-bond donors (Lipinski definition) is 0. The lowest BCUT2D eigenvalue weighted by Gasteiger charge is -2.16. The van der Waals surface area contributed by atoms with Crippen LogP contribution in [0.1, 0.15) is 162 Å². The molecule has 0 nitrogen and oxygen atoms in total. The summed E-state index contributed by atoms with van der Waals surface area (Å²) in [6, 6.07) is 0. The van der Waals surface area contributed by atoms with Crippen LogP contribution in [0, 0.1) is 17.8 Å². The first-order valence-electron chi connectivity index (χ1n) is 13.3. The minimum Gasteiger partial charge on any atom is -0.104 e. The maximum atomic E-state index is 3.27. The zero-order valence-corrected chi connectivity index (χ0v) is 20.1. The second-order valence-electron chi connectivity index (χ2n) is 8.99. The Hall–Kier alpha value is -0.440. The zero-order valence-electron chi connectivity index (χ0n) is 20.1. The van der Waals surface area contributed by atoms with Crippen LogP contribution in [0.15, 0.2) is 0 Å². The van der Waals surface area contributed by atoms with Gasteiger partial charge in [-0.2, -0.15) is 0 Å². The number of hydrogen-bond acceptors (Lipinski definition) is 0. The van der Waals surface area contributed by atoms with Crippen molar-refractivity contribution in [2.75, 3.05) is 0 Å². The van der Waals surface area contributed by atoms with Crippen LogP contribution < -0.4 is 0 Å². The Kier molecular flexibility index (Phi) is 24.2. The molecule has 1 unspecified atom stereocenters. The lowest BCUT2D eigenvalue weighted by molar-refractivity contribution is 0.377. The van der Waals surface area contributed by atoms with E-state index >= 15 is 0 Å². The van der Waals surface area contributed by atoms with Gasteiger partial charge in [0, 0.05) is 12.8 Å². The summed E-state index contributed by atoms with van der Waals surface area (Å²) in [6.45, 7) is 6.80. The average molecular weight is 391 g/mol. The molecule has 0 bridgehead atoms. The van der Waals surface area contributed by atoms with Gasteiger partial charge < -0.3 is 0 Å². The highest BCUT2D eigenvalue weighted by atomic mass is 14.1. The van der Waals surface area contributed by atoms with Crippen LogP contribution >= 0.6 is 0 Å². The molecular formula is C28H54. The van der Waals surface area contributed by atoms with E-state index in [9.17, 15) is 0 Å². The first kappa shape index (κ1) is 27.6. The van der Waals surface area contributed by atoms with Gasteiger partial charge in [0.2, 0.25) is 0 Å². The quantitative estimate of drug-likeness (QED) is 0.135. The Morgan fingerprint density at radius 2 is 0.893 bits per heavy atom. The lowest BCUT2D eigenvalue weighted by atomic mass is 9.90. The van der Waals surface area contributed by atoms with E-state index in [1.54, 1.807) is 0 Å². The SMILES string of the molecule is CCC#CCCCCCCCC(CCC)CCCCCCCCCCCCC. The molecular weight excluding hydrogens is 336 g/mol. The van der Waals surface area contributed by atoms with Crippen LogP contribution in [0.3, 0.4) is 0 Å². The maximum absolute atomic E-state index is 3.27. The van der Waals surface area contributed by atoms with Crippen molar-refractivity contribution in [1.29, 1.82) is 0 Å². The molecule has 0 saturated carbocycles. The minimum absolute atomic E-state index is 1.01. The molecule has 0 radical (unpaired) electrons. The average Bonchev–Trinajstić information content (AvgIpc) is 2.70. The molecule has 0 rings (SSSR count). The summed E-state index contributed by atoms with van der Waals surface area (Å²) in [5, 5.41) is 0. The Morgan fingerprint density at radius 3 is 1.36 bits per heavy atom. The normalized spacial score (nSPS) is 12.0. The summed E-state index contributed by atoms with van der Waals surface area (Å²) < 4.78 is 0. The van der Waals surface area contributed by atoms with Crippen molar-refractivity contribution in [3.63, 3.8) is 0 Å². The fourth-order valence-electron chi connectivity index (χ4n) is 4.33. The highest BCUT2D eigenvalue weighted by Crippen LogP contribution is 2.23. The summed E-state index contributed by atoms with van der Waals surface area (Å²) in [5.41, 5.74) is 0. The molecule has 0 aliphatic carbocycles. The molecule has 0 aliphatic heterocycles.